The Kier molecular flexibility index (Phi) is 7.44. The van der Waals surface area contributed by atoms with E-state index in [4.69, 9.17) is 4.74 Å². The molecule has 1 amide bonds. The second kappa shape index (κ2) is 9.36. The van der Waals surface area contributed by atoms with Crippen molar-refractivity contribution in [3.63, 3.8) is 0 Å². The predicted octanol–water partition coefficient (Wildman–Crippen LogP) is 0.861. The molecule has 1 aliphatic heterocycles. The van der Waals surface area contributed by atoms with E-state index in [9.17, 15) is 18.0 Å². The average Bonchev–Trinajstić information content (AvgIpc) is 2.64. The first-order chi connectivity index (χ1) is 12.3. The Labute approximate surface area is 157 Å². The van der Waals surface area contributed by atoms with Gasteiger partial charge in [0.05, 0.1) is 36.7 Å². The minimum atomic E-state index is -3.63. The molecular formula is C16H22N2O6S2. The molecule has 0 unspecified atom stereocenters. The zero-order chi connectivity index (χ0) is 19.2. The average molecular weight is 402 g/mol. The first kappa shape index (κ1) is 20.7. The van der Waals surface area contributed by atoms with Gasteiger partial charge in [0.2, 0.25) is 15.9 Å². The number of aryl methyl sites for hydroxylation is 1. The lowest BCUT2D eigenvalue weighted by molar-refractivity contribution is -0.137. The van der Waals surface area contributed by atoms with Crippen LogP contribution in [-0.4, -0.2) is 69.5 Å². The number of carbonyl (C=O) groups excluding carboxylic acids is 2. The van der Waals surface area contributed by atoms with E-state index in [1.165, 1.54) is 23.5 Å². The van der Waals surface area contributed by atoms with Crippen LogP contribution in [0.4, 0.5) is 5.69 Å². The van der Waals surface area contributed by atoms with Crippen molar-refractivity contribution in [3.8, 4) is 0 Å². The quantitative estimate of drug-likeness (QED) is 0.675. The summed E-state index contributed by atoms with van der Waals surface area (Å²) in [6, 6.07) is 4.65. The number of nitrogens with zero attached hydrogens (tertiary/aromatic N) is 1. The molecule has 10 heteroatoms. The summed E-state index contributed by atoms with van der Waals surface area (Å²) < 4.78 is 36.5. The van der Waals surface area contributed by atoms with Crippen LogP contribution in [0.3, 0.4) is 0 Å². The summed E-state index contributed by atoms with van der Waals surface area (Å²) in [6.07, 6.45) is 0. The highest BCUT2D eigenvalue weighted by Crippen LogP contribution is 2.23. The fourth-order valence-electron chi connectivity index (χ4n) is 2.30. The predicted molar refractivity (Wildman–Crippen MR) is 98.7 cm³/mol. The summed E-state index contributed by atoms with van der Waals surface area (Å²) in [5.41, 5.74) is 1.18. The molecule has 0 bridgehead atoms. The minimum Gasteiger partial charge on any atom is -0.468 e. The van der Waals surface area contributed by atoms with Crippen LogP contribution in [0, 0.1) is 6.92 Å². The molecule has 8 nitrogen and oxygen atoms in total. The lowest BCUT2D eigenvalue weighted by Gasteiger charge is -2.26. The number of hydrogen-bond donors (Lipinski definition) is 1. The van der Waals surface area contributed by atoms with Crippen molar-refractivity contribution < 1.29 is 27.5 Å². The highest BCUT2D eigenvalue weighted by atomic mass is 32.2. The molecule has 1 fully saturated rings. The maximum absolute atomic E-state index is 12.7. The van der Waals surface area contributed by atoms with Gasteiger partial charge in [-0.1, -0.05) is 6.07 Å². The van der Waals surface area contributed by atoms with Gasteiger partial charge in [-0.15, -0.1) is 11.8 Å². The Hall–Kier alpha value is -1.62. The van der Waals surface area contributed by atoms with E-state index in [0.29, 0.717) is 32.0 Å². The monoisotopic (exact) mass is 402 g/mol. The van der Waals surface area contributed by atoms with Crippen LogP contribution in [0.15, 0.2) is 23.1 Å². The van der Waals surface area contributed by atoms with Gasteiger partial charge in [-0.2, -0.15) is 4.31 Å². The summed E-state index contributed by atoms with van der Waals surface area (Å²) in [6.45, 7) is 3.13. The SMILES string of the molecule is COC(=O)CSCC(=O)Nc1cc(S(=O)(=O)N2CCOCC2)ccc1C. The van der Waals surface area contributed by atoms with Gasteiger partial charge in [-0.25, -0.2) is 8.42 Å². The fourth-order valence-corrected chi connectivity index (χ4v) is 4.38. The number of carbonyl (C=O) groups is 2. The van der Waals surface area contributed by atoms with E-state index in [2.05, 4.69) is 10.1 Å². The highest BCUT2D eigenvalue weighted by Gasteiger charge is 2.26. The molecule has 0 saturated carbocycles. The molecule has 1 aromatic carbocycles. The van der Waals surface area contributed by atoms with E-state index < -0.39 is 16.0 Å². The topological polar surface area (TPSA) is 102 Å². The number of amides is 1. The van der Waals surface area contributed by atoms with E-state index in [-0.39, 0.29) is 22.3 Å². The second-order valence-electron chi connectivity index (χ2n) is 5.61. The number of anilines is 1. The first-order valence-electron chi connectivity index (χ1n) is 7.97. The van der Waals surface area contributed by atoms with Gasteiger partial charge in [0.15, 0.2) is 0 Å². The van der Waals surface area contributed by atoms with Crippen LogP contribution in [0.5, 0.6) is 0 Å². The van der Waals surface area contributed by atoms with Gasteiger partial charge in [-0.3, -0.25) is 9.59 Å². The summed E-state index contributed by atoms with van der Waals surface area (Å²) in [4.78, 5) is 23.2. The van der Waals surface area contributed by atoms with E-state index in [1.54, 1.807) is 13.0 Å². The Balaban J connectivity index is 2.06. The number of benzene rings is 1. The Morgan fingerprint density at radius 1 is 1.27 bits per heavy atom. The number of hydrogen-bond acceptors (Lipinski definition) is 7. The molecule has 1 saturated heterocycles. The third-order valence-electron chi connectivity index (χ3n) is 3.77. The van der Waals surface area contributed by atoms with Crippen molar-refractivity contribution >= 4 is 39.3 Å². The van der Waals surface area contributed by atoms with Crippen molar-refractivity contribution in [1.82, 2.24) is 4.31 Å². The summed E-state index contributed by atoms with van der Waals surface area (Å²) in [5, 5.41) is 2.70. The van der Waals surface area contributed by atoms with Crippen molar-refractivity contribution in [2.75, 3.05) is 50.2 Å². The van der Waals surface area contributed by atoms with Crippen molar-refractivity contribution in [1.29, 1.82) is 0 Å². The van der Waals surface area contributed by atoms with Crippen LogP contribution >= 0.6 is 11.8 Å². The number of ether oxygens (including phenoxy) is 2. The normalized spacial score (nSPS) is 15.5. The van der Waals surface area contributed by atoms with E-state index in [1.807, 2.05) is 0 Å². The Morgan fingerprint density at radius 3 is 2.62 bits per heavy atom. The molecule has 1 aromatic rings. The number of nitrogens with one attached hydrogen (secondary N) is 1. The molecule has 0 aliphatic carbocycles. The third kappa shape index (κ3) is 5.44. The molecule has 0 atom stereocenters. The van der Waals surface area contributed by atoms with Crippen molar-refractivity contribution in [3.05, 3.63) is 23.8 Å². The fraction of sp³-hybridized carbons (Fsp3) is 0.500. The number of morpholine rings is 1. The molecular weight excluding hydrogens is 380 g/mol. The maximum Gasteiger partial charge on any atom is 0.315 e. The molecule has 144 valence electrons. The molecule has 0 radical (unpaired) electrons. The van der Waals surface area contributed by atoms with E-state index in [0.717, 1.165) is 17.3 Å². The Bertz CT molecular complexity index is 760. The zero-order valence-corrected chi connectivity index (χ0v) is 16.3. The lowest BCUT2D eigenvalue weighted by atomic mass is 10.2. The van der Waals surface area contributed by atoms with Crippen molar-refractivity contribution in [2.45, 2.75) is 11.8 Å². The number of esters is 1. The standard InChI is InChI=1S/C16H22N2O6S2/c1-12-3-4-13(26(21,22)18-5-7-24-8-6-18)9-14(12)17-15(19)10-25-11-16(20)23-2/h3-4,9H,5-8,10-11H2,1-2H3,(H,17,19). The van der Waals surface area contributed by atoms with Gasteiger partial charge >= 0.3 is 5.97 Å². The molecule has 2 rings (SSSR count). The minimum absolute atomic E-state index is 0.0645. The van der Waals surface area contributed by atoms with Crippen LogP contribution in [0.2, 0.25) is 0 Å². The molecule has 0 aromatic heterocycles. The van der Waals surface area contributed by atoms with Crippen LogP contribution in [-0.2, 0) is 29.1 Å². The van der Waals surface area contributed by atoms with Crippen molar-refractivity contribution in [2.24, 2.45) is 0 Å². The summed E-state index contributed by atoms with van der Waals surface area (Å²) in [7, 11) is -2.35. The first-order valence-corrected chi connectivity index (χ1v) is 10.6. The van der Waals surface area contributed by atoms with Gasteiger partial charge in [0, 0.05) is 18.8 Å². The van der Waals surface area contributed by atoms with Gasteiger partial charge < -0.3 is 14.8 Å². The smallest absolute Gasteiger partial charge is 0.315 e. The van der Waals surface area contributed by atoms with Crippen LogP contribution in [0.1, 0.15) is 5.56 Å². The largest absolute Gasteiger partial charge is 0.468 e. The van der Waals surface area contributed by atoms with Crippen LogP contribution < -0.4 is 5.32 Å². The number of methoxy groups -OCH3 is 1. The molecule has 26 heavy (non-hydrogen) atoms. The Morgan fingerprint density at radius 2 is 1.96 bits per heavy atom. The number of sulfonamides is 1. The maximum atomic E-state index is 12.7. The van der Waals surface area contributed by atoms with Gasteiger partial charge in [0.25, 0.3) is 0 Å². The van der Waals surface area contributed by atoms with Gasteiger partial charge in [-0.05, 0) is 24.6 Å². The van der Waals surface area contributed by atoms with Gasteiger partial charge in [0.1, 0.15) is 0 Å². The van der Waals surface area contributed by atoms with Crippen LogP contribution in [0.25, 0.3) is 0 Å². The molecule has 1 N–H and O–H groups in total. The molecule has 0 spiro atoms. The van der Waals surface area contributed by atoms with E-state index >= 15 is 0 Å². The third-order valence-corrected chi connectivity index (χ3v) is 6.57. The lowest BCUT2D eigenvalue weighted by Crippen LogP contribution is -2.40. The second-order valence-corrected chi connectivity index (χ2v) is 8.53. The zero-order valence-electron chi connectivity index (χ0n) is 14.7. The molecule has 1 heterocycles. The number of thioether (sulfide) groups is 1. The summed E-state index contributed by atoms with van der Waals surface area (Å²) >= 11 is 1.12. The molecule has 1 aliphatic rings. The number of rotatable bonds is 7. The highest BCUT2D eigenvalue weighted by molar-refractivity contribution is 8.00. The summed E-state index contributed by atoms with van der Waals surface area (Å²) in [5.74, 6) is -0.580.